The highest BCUT2D eigenvalue weighted by atomic mass is 19.1. The first kappa shape index (κ1) is 11.1. The van der Waals surface area contributed by atoms with Gasteiger partial charge < -0.3 is 4.74 Å². The van der Waals surface area contributed by atoms with Gasteiger partial charge in [-0.25, -0.2) is 4.39 Å². The molecule has 1 saturated heterocycles. The van der Waals surface area contributed by atoms with Crippen LogP contribution >= 0.6 is 0 Å². The van der Waals surface area contributed by atoms with Crippen molar-refractivity contribution in [2.24, 2.45) is 0 Å². The van der Waals surface area contributed by atoms with Crippen LogP contribution in [0.1, 0.15) is 18.2 Å². The molecule has 0 amide bonds. The van der Waals surface area contributed by atoms with Gasteiger partial charge in [-0.15, -0.1) is 0 Å². The fourth-order valence-corrected chi connectivity index (χ4v) is 2.00. The number of ether oxygens (including phenoxy) is 1. The number of carbonyl (C=O) groups excluding carboxylic acids is 1. The lowest BCUT2D eigenvalue weighted by Gasteiger charge is -2.25. The molecule has 1 heterocycles. The van der Waals surface area contributed by atoms with E-state index in [1.165, 1.54) is 0 Å². The van der Waals surface area contributed by atoms with Gasteiger partial charge in [0.15, 0.2) is 6.23 Å². The summed E-state index contributed by atoms with van der Waals surface area (Å²) in [6.45, 7) is 1.37. The Morgan fingerprint density at radius 3 is 2.75 bits per heavy atom. The highest BCUT2D eigenvalue weighted by Crippen LogP contribution is 2.26. The second-order valence-corrected chi connectivity index (χ2v) is 3.88. The quantitative estimate of drug-likeness (QED) is 0.730. The standard InChI is InChI=1S/C12H14FNO2/c13-11-6-7-14(8-11)12(16-9-15)10-4-2-1-3-5-10/h1-5,9,11-12H,6-8H2/t11-,12?/m1/s1. The Kier molecular flexibility index (Phi) is 3.51. The Morgan fingerprint density at radius 2 is 2.19 bits per heavy atom. The number of alkyl halides is 1. The average molecular weight is 223 g/mol. The molecular formula is C12H14FNO2. The molecule has 1 fully saturated rings. The van der Waals surface area contributed by atoms with Crippen LogP contribution in [-0.2, 0) is 9.53 Å². The molecule has 0 aromatic heterocycles. The maximum atomic E-state index is 13.1. The van der Waals surface area contributed by atoms with Crippen LogP contribution in [0, 0.1) is 0 Å². The number of rotatable bonds is 4. The lowest BCUT2D eigenvalue weighted by molar-refractivity contribution is -0.143. The molecule has 1 aromatic carbocycles. The lowest BCUT2D eigenvalue weighted by atomic mass is 10.2. The minimum atomic E-state index is -0.818. The van der Waals surface area contributed by atoms with E-state index < -0.39 is 12.4 Å². The summed E-state index contributed by atoms with van der Waals surface area (Å²) in [5, 5.41) is 0. The molecule has 0 spiro atoms. The molecule has 86 valence electrons. The van der Waals surface area contributed by atoms with E-state index in [2.05, 4.69) is 0 Å². The van der Waals surface area contributed by atoms with Crippen molar-refractivity contribution in [2.45, 2.75) is 18.8 Å². The van der Waals surface area contributed by atoms with Crippen molar-refractivity contribution < 1.29 is 13.9 Å². The number of hydrogen-bond acceptors (Lipinski definition) is 3. The van der Waals surface area contributed by atoms with E-state index in [0.29, 0.717) is 26.0 Å². The molecule has 1 aliphatic rings. The molecule has 2 rings (SSSR count). The monoisotopic (exact) mass is 223 g/mol. The molecule has 0 N–H and O–H groups in total. The van der Waals surface area contributed by atoms with Crippen LogP contribution < -0.4 is 0 Å². The first-order valence-corrected chi connectivity index (χ1v) is 5.33. The Bertz CT molecular complexity index is 344. The summed E-state index contributed by atoms with van der Waals surface area (Å²) in [5.74, 6) is 0. The summed E-state index contributed by atoms with van der Waals surface area (Å²) in [6, 6.07) is 9.39. The maximum absolute atomic E-state index is 13.1. The fraction of sp³-hybridized carbons (Fsp3) is 0.417. The van der Waals surface area contributed by atoms with Gasteiger partial charge >= 0.3 is 0 Å². The first-order valence-electron chi connectivity index (χ1n) is 5.33. The summed E-state index contributed by atoms with van der Waals surface area (Å²) in [4.78, 5) is 12.3. The molecule has 16 heavy (non-hydrogen) atoms. The van der Waals surface area contributed by atoms with Crippen molar-refractivity contribution in [1.82, 2.24) is 4.90 Å². The van der Waals surface area contributed by atoms with Crippen LogP contribution in [0.15, 0.2) is 30.3 Å². The third-order valence-corrected chi connectivity index (χ3v) is 2.76. The highest BCUT2D eigenvalue weighted by molar-refractivity contribution is 5.38. The molecule has 1 unspecified atom stereocenters. The largest absolute Gasteiger partial charge is 0.444 e. The molecule has 0 aliphatic carbocycles. The number of likely N-dealkylation sites (tertiary alicyclic amines) is 1. The molecule has 1 aromatic rings. The normalized spacial score (nSPS) is 22.9. The van der Waals surface area contributed by atoms with E-state index in [0.717, 1.165) is 5.56 Å². The van der Waals surface area contributed by atoms with Crippen LogP contribution in [0.4, 0.5) is 4.39 Å². The van der Waals surface area contributed by atoms with Crippen molar-refractivity contribution in [2.75, 3.05) is 13.1 Å². The minimum absolute atomic E-state index is 0.327. The zero-order chi connectivity index (χ0) is 11.4. The van der Waals surface area contributed by atoms with Crippen LogP contribution in [0.25, 0.3) is 0 Å². The summed E-state index contributed by atoms with van der Waals surface area (Å²) >= 11 is 0. The van der Waals surface area contributed by atoms with Gasteiger partial charge in [-0.1, -0.05) is 30.3 Å². The Labute approximate surface area is 93.8 Å². The van der Waals surface area contributed by atoms with Gasteiger partial charge in [-0.2, -0.15) is 0 Å². The van der Waals surface area contributed by atoms with E-state index in [1.807, 2.05) is 35.2 Å². The predicted molar refractivity (Wildman–Crippen MR) is 57.4 cm³/mol. The second-order valence-electron chi connectivity index (χ2n) is 3.88. The number of benzene rings is 1. The summed E-state index contributed by atoms with van der Waals surface area (Å²) in [6.07, 6.45) is -0.771. The van der Waals surface area contributed by atoms with E-state index in [-0.39, 0.29) is 0 Å². The molecule has 3 nitrogen and oxygen atoms in total. The van der Waals surface area contributed by atoms with Crippen LogP contribution in [0.2, 0.25) is 0 Å². The van der Waals surface area contributed by atoms with Crippen molar-refractivity contribution in [3.63, 3.8) is 0 Å². The van der Waals surface area contributed by atoms with Crippen LogP contribution in [0.3, 0.4) is 0 Å². The molecule has 0 saturated carbocycles. The third kappa shape index (κ3) is 2.39. The Balaban J connectivity index is 2.14. The van der Waals surface area contributed by atoms with Crippen LogP contribution in [-0.4, -0.2) is 30.6 Å². The molecule has 2 atom stereocenters. The predicted octanol–water partition coefficient (Wildman–Crippen LogP) is 1.90. The van der Waals surface area contributed by atoms with Gasteiger partial charge in [0.05, 0.1) is 0 Å². The van der Waals surface area contributed by atoms with Gasteiger partial charge in [0.1, 0.15) is 6.17 Å². The Hall–Kier alpha value is -1.42. The fourth-order valence-electron chi connectivity index (χ4n) is 2.00. The molecular weight excluding hydrogens is 209 g/mol. The average Bonchev–Trinajstić information content (AvgIpc) is 2.74. The van der Waals surface area contributed by atoms with Gasteiger partial charge in [-0.3, -0.25) is 9.69 Å². The topological polar surface area (TPSA) is 29.5 Å². The number of hydrogen-bond donors (Lipinski definition) is 0. The zero-order valence-corrected chi connectivity index (χ0v) is 8.88. The molecule has 0 radical (unpaired) electrons. The van der Waals surface area contributed by atoms with Crippen LogP contribution in [0.5, 0.6) is 0 Å². The molecule has 0 bridgehead atoms. The Morgan fingerprint density at radius 1 is 1.44 bits per heavy atom. The molecule has 4 heteroatoms. The minimum Gasteiger partial charge on any atom is -0.444 e. The number of halogens is 1. The van der Waals surface area contributed by atoms with Crippen molar-refractivity contribution in [3.05, 3.63) is 35.9 Å². The van der Waals surface area contributed by atoms with E-state index in [1.54, 1.807) is 0 Å². The van der Waals surface area contributed by atoms with Crippen molar-refractivity contribution in [1.29, 1.82) is 0 Å². The maximum Gasteiger partial charge on any atom is 0.294 e. The van der Waals surface area contributed by atoms with Gasteiger partial charge in [0.2, 0.25) is 0 Å². The van der Waals surface area contributed by atoms with Gasteiger partial charge in [0.25, 0.3) is 6.47 Å². The van der Waals surface area contributed by atoms with E-state index in [9.17, 15) is 9.18 Å². The van der Waals surface area contributed by atoms with Crippen molar-refractivity contribution in [3.8, 4) is 0 Å². The van der Waals surface area contributed by atoms with Crippen molar-refractivity contribution >= 4 is 6.47 Å². The third-order valence-electron chi connectivity index (χ3n) is 2.76. The summed E-state index contributed by atoms with van der Waals surface area (Å²) in [7, 11) is 0. The second kappa shape index (κ2) is 5.07. The summed E-state index contributed by atoms with van der Waals surface area (Å²) < 4.78 is 18.1. The molecule has 1 aliphatic heterocycles. The highest BCUT2D eigenvalue weighted by Gasteiger charge is 2.29. The zero-order valence-electron chi connectivity index (χ0n) is 8.88. The van der Waals surface area contributed by atoms with E-state index >= 15 is 0 Å². The summed E-state index contributed by atoms with van der Waals surface area (Å²) in [5.41, 5.74) is 0.878. The van der Waals surface area contributed by atoms with Gasteiger partial charge in [-0.05, 0) is 6.42 Å². The number of nitrogens with zero attached hydrogens (tertiary/aromatic N) is 1. The first-order chi connectivity index (χ1) is 7.81. The van der Waals surface area contributed by atoms with Gasteiger partial charge in [0, 0.05) is 18.7 Å². The van der Waals surface area contributed by atoms with E-state index in [4.69, 9.17) is 4.74 Å². The smallest absolute Gasteiger partial charge is 0.294 e. The number of carbonyl (C=O) groups is 1. The SMILES string of the molecule is O=COC(c1ccccc1)N1CC[C@@H](F)C1. The lowest BCUT2D eigenvalue weighted by Crippen LogP contribution is -2.28.